The van der Waals surface area contributed by atoms with Gasteiger partial charge in [0, 0.05) is 19.0 Å². The Balaban J connectivity index is 2.15. The molecule has 6 nitrogen and oxygen atoms in total. The third-order valence-corrected chi connectivity index (χ3v) is 5.03. The van der Waals surface area contributed by atoms with Crippen LogP contribution >= 0.6 is 0 Å². The number of carbonyl (C=O) groups excluding carboxylic acids is 2. The highest BCUT2D eigenvalue weighted by Gasteiger charge is 2.26. The zero-order chi connectivity index (χ0) is 23.5. The van der Waals surface area contributed by atoms with Gasteiger partial charge in [0.1, 0.15) is 6.04 Å². The minimum atomic E-state index is -0.565. The van der Waals surface area contributed by atoms with E-state index in [0.717, 1.165) is 11.1 Å². The molecule has 6 heteroatoms. The average Bonchev–Trinajstić information content (AvgIpc) is 2.77. The van der Waals surface area contributed by atoms with Crippen molar-refractivity contribution in [2.24, 2.45) is 0 Å². The Morgan fingerprint density at radius 1 is 0.906 bits per heavy atom. The monoisotopic (exact) mass is 440 g/mol. The molecule has 2 amide bonds. The summed E-state index contributed by atoms with van der Waals surface area (Å²) in [5.74, 6) is 1.18. The van der Waals surface area contributed by atoms with Crippen LogP contribution in [0.25, 0.3) is 0 Å². The number of nitrogens with zero attached hydrogens (tertiary/aromatic N) is 1. The summed E-state index contributed by atoms with van der Waals surface area (Å²) in [7, 11) is 0. The highest BCUT2D eigenvalue weighted by molar-refractivity contribution is 5.87. The van der Waals surface area contributed by atoms with Gasteiger partial charge in [0.2, 0.25) is 11.8 Å². The Hall–Kier alpha value is -3.02. The first-order valence-electron chi connectivity index (χ1n) is 11.4. The highest BCUT2D eigenvalue weighted by atomic mass is 16.5. The molecule has 0 fully saturated rings. The maximum absolute atomic E-state index is 13.2. The van der Waals surface area contributed by atoms with Crippen LogP contribution in [-0.2, 0) is 22.6 Å². The molecule has 0 aliphatic carbocycles. The predicted molar refractivity (Wildman–Crippen MR) is 127 cm³/mol. The molecule has 174 valence electrons. The van der Waals surface area contributed by atoms with Gasteiger partial charge in [0.25, 0.3) is 0 Å². The summed E-state index contributed by atoms with van der Waals surface area (Å²) in [5, 5.41) is 2.91. The fraction of sp³-hybridized carbons (Fsp3) is 0.462. The van der Waals surface area contributed by atoms with Gasteiger partial charge in [-0.05, 0) is 64.3 Å². The van der Waals surface area contributed by atoms with E-state index in [1.807, 2.05) is 76.2 Å². The fourth-order valence-corrected chi connectivity index (χ4v) is 3.41. The summed E-state index contributed by atoms with van der Waals surface area (Å²) >= 11 is 0. The number of benzene rings is 2. The molecule has 0 spiro atoms. The smallest absolute Gasteiger partial charge is 0.242 e. The number of nitrogens with one attached hydrogen (secondary N) is 1. The van der Waals surface area contributed by atoms with E-state index in [2.05, 4.69) is 5.32 Å². The molecule has 0 saturated heterocycles. The van der Waals surface area contributed by atoms with Crippen molar-refractivity contribution in [3.05, 3.63) is 59.7 Å². The van der Waals surface area contributed by atoms with Crippen LogP contribution in [0.4, 0.5) is 0 Å². The minimum Gasteiger partial charge on any atom is -0.490 e. The summed E-state index contributed by atoms with van der Waals surface area (Å²) in [6.45, 7) is 10.9. The summed E-state index contributed by atoms with van der Waals surface area (Å²) in [6.07, 6.45) is 0.848. The summed E-state index contributed by atoms with van der Waals surface area (Å²) < 4.78 is 11.3. The van der Waals surface area contributed by atoms with E-state index in [4.69, 9.17) is 9.47 Å². The van der Waals surface area contributed by atoms with E-state index in [1.165, 1.54) is 0 Å². The maximum Gasteiger partial charge on any atom is 0.242 e. The lowest BCUT2D eigenvalue weighted by molar-refractivity contribution is -0.140. The van der Waals surface area contributed by atoms with Gasteiger partial charge in [-0.25, -0.2) is 0 Å². The third-order valence-electron chi connectivity index (χ3n) is 5.03. The van der Waals surface area contributed by atoms with Gasteiger partial charge in [0.05, 0.1) is 13.2 Å². The Bertz CT molecular complexity index is 867. The number of hydrogen-bond donors (Lipinski definition) is 1. The van der Waals surface area contributed by atoms with Gasteiger partial charge < -0.3 is 19.7 Å². The van der Waals surface area contributed by atoms with Gasteiger partial charge in [-0.2, -0.15) is 0 Å². The Labute approximate surface area is 191 Å². The first-order valence-corrected chi connectivity index (χ1v) is 11.4. The lowest BCUT2D eigenvalue weighted by Gasteiger charge is -2.29. The molecular formula is C26H36N2O4. The van der Waals surface area contributed by atoms with Gasteiger partial charge in [-0.3, -0.25) is 9.59 Å². The Morgan fingerprint density at radius 3 is 2.19 bits per heavy atom. The third kappa shape index (κ3) is 7.59. The molecule has 1 atom stereocenters. The van der Waals surface area contributed by atoms with Crippen LogP contribution in [0.2, 0.25) is 0 Å². The zero-order valence-corrected chi connectivity index (χ0v) is 19.9. The van der Waals surface area contributed by atoms with Crippen LogP contribution < -0.4 is 14.8 Å². The lowest BCUT2D eigenvalue weighted by atomic mass is 10.1. The number of rotatable bonds is 12. The van der Waals surface area contributed by atoms with Gasteiger partial charge in [0.15, 0.2) is 11.5 Å². The molecule has 2 rings (SSSR count). The van der Waals surface area contributed by atoms with Crippen molar-refractivity contribution in [3.63, 3.8) is 0 Å². The van der Waals surface area contributed by atoms with Crippen LogP contribution in [0.15, 0.2) is 48.5 Å². The zero-order valence-electron chi connectivity index (χ0n) is 19.9. The highest BCUT2D eigenvalue weighted by Crippen LogP contribution is 2.29. The number of ether oxygens (including phenoxy) is 2. The fourth-order valence-electron chi connectivity index (χ4n) is 3.41. The molecule has 0 unspecified atom stereocenters. The molecule has 0 aliphatic heterocycles. The second kappa shape index (κ2) is 12.7. The quantitative estimate of drug-likeness (QED) is 0.533. The SMILES string of the molecule is CCOc1ccc(CCC(=O)N(Cc2ccccc2)[C@H](C)C(=O)NC(C)C)cc1OCC. The number of amides is 2. The van der Waals surface area contributed by atoms with E-state index in [-0.39, 0.29) is 17.9 Å². The molecule has 1 N–H and O–H groups in total. The molecule has 0 saturated carbocycles. The normalized spacial score (nSPS) is 11.7. The van der Waals surface area contributed by atoms with Crippen molar-refractivity contribution in [2.45, 2.75) is 66.1 Å². The summed E-state index contributed by atoms with van der Waals surface area (Å²) in [4.78, 5) is 27.5. The first-order chi connectivity index (χ1) is 15.3. The largest absolute Gasteiger partial charge is 0.490 e. The first kappa shape index (κ1) is 25.2. The molecule has 0 radical (unpaired) electrons. The lowest BCUT2D eigenvalue weighted by Crippen LogP contribution is -2.49. The van der Waals surface area contributed by atoms with Crippen LogP contribution in [0.5, 0.6) is 11.5 Å². The van der Waals surface area contributed by atoms with Crippen molar-refractivity contribution in [1.82, 2.24) is 10.2 Å². The second-order valence-corrected chi connectivity index (χ2v) is 7.99. The molecular weight excluding hydrogens is 404 g/mol. The molecule has 0 aliphatic rings. The van der Waals surface area contributed by atoms with Gasteiger partial charge in [-0.1, -0.05) is 36.4 Å². The summed E-state index contributed by atoms with van der Waals surface area (Å²) in [5.41, 5.74) is 1.98. The van der Waals surface area contributed by atoms with Crippen LogP contribution in [0.1, 0.15) is 52.2 Å². The van der Waals surface area contributed by atoms with E-state index in [0.29, 0.717) is 44.1 Å². The molecule has 0 bridgehead atoms. The molecule has 2 aromatic rings. The average molecular weight is 441 g/mol. The van der Waals surface area contributed by atoms with Crippen LogP contribution in [0, 0.1) is 0 Å². The minimum absolute atomic E-state index is 0.0134. The Kier molecular flexibility index (Phi) is 10.1. The summed E-state index contributed by atoms with van der Waals surface area (Å²) in [6, 6.07) is 15.0. The van der Waals surface area contributed by atoms with Crippen LogP contribution in [-0.4, -0.2) is 42.0 Å². The van der Waals surface area contributed by atoms with Crippen molar-refractivity contribution in [2.75, 3.05) is 13.2 Å². The van der Waals surface area contributed by atoms with E-state index in [9.17, 15) is 9.59 Å². The Morgan fingerprint density at radius 2 is 1.56 bits per heavy atom. The van der Waals surface area contributed by atoms with E-state index < -0.39 is 6.04 Å². The number of carbonyl (C=O) groups is 2. The molecule has 32 heavy (non-hydrogen) atoms. The standard InChI is InChI=1S/C26H36N2O4/c1-6-31-23-15-13-21(17-24(23)32-7-2)14-16-25(29)28(18-22-11-9-8-10-12-22)20(5)26(30)27-19(3)4/h8-13,15,17,19-20H,6-7,14,16,18H2,1-5H3,(H,27,30)/t20-/m1/s1. The predicted octanol–water partition coefficient (Wildman–Crippen LogP) is 4.36. The number of hydrogen-bond acceptors (Lipinski definition) is 4. The van der Waals surface area contributed by atoms with E-state index in [1.54, 1.807) is 11.8 Å². The van der Waals surface area contributed by atoms with Gasteiger partial charge >= 0.3 is 0 Å². The second-order valence-electron chi connectivity index (χ2n) is 7.99. The number of aryl methyl sites for hydroxylation is 1. The van der Waals surface area contributed by atoms with Crippen LogP contribution in [0.3, 0.4) is 0 Å². The van der Waals surface area contributed by atoms with E-state index >= 15 is 0 Å². The topological polar surface area (TPSA) is 67.9 Å². The van der Waals surface area contributed by atoms with Crippen molar-refractivity contribution < 1.29 is 19.1 Å². The van der Waals surface area contributed by atoms with Crippen molar-refractivity contribution >= 4 is 11.8 Å². The molecule has 0 heterocycles. The van der Waals surface area contributed by atoms with Crippen molar-refractivity contribution in [1.29, 1.82) is 0 Å². The van der Waals surface area contributed by atoms with Crippen molar-refractivity contribution in [3.8, 4) is 11.5 Å². The molecule has 2 aromatic carbocycles. The molecule has 0 aromatic heterocycles. The van der Waals surface area contributed by atoms with Gasteiger partial charge in [-0.15, -0.1) is 0 Å². The maximum atomic E-state index is 13.2.